The molecule has 0 radical (unpaired) electrons. The summed E-state index contributed by atoms with van der Waals surface area (Å²) in [7, 11) is 0. The Kier molecular flexibility index (Phi) is 10.5. The average molecular weight is 536 g/mol. The summed E-state index contributed by atoms with van der Waals surface area (Å²) in [5, 5.41) is 12.2. The zero-order chi connectivity index (χ0) is 28.0. The summed E-state index contributed by atoms with van der Waals surface area (Å²) in [6, 6.07) is -0.0888. The highest BCUT2D eigenvalue weighted by atomic mass is 16.6. The monoisotopic (exact) mass is 535 g/mol. The minimum Gasteiger partial charge on any atom is -0.481 e. The highest BCUT2D eigenvalue weighted by molar-refractivity contribution is 5.87. The third kappa shape index (κ3) is 8.92. The van der Waals surface area contributed by atoms with Gasteiger partial charge in [0.1, 0.15) is 6.10 Å². The number of hydrogen-bond donors (Lipinski definition) is 2. The van der Waals surface area contributed by atoms with Crippen molar-refractivity contribution in [1.82, 2.24) is 5.32 Å². The lowest BCUT2D eigenvalue weighted by molar-refractivity contribution is -0.146. The highest BCUT2D eigenvalue weighted by Crippen LogP contribution is 2.49. The van der Waals surface area contributed by atoms with Crippen LogP contribution in [0.4, 0.5) is 0 Å². The molecule has 214 valence electrons. The fourth-order valence-corrected chi connectivity index (χ4v) is 5.73. The zero-order valence-corrected chi connectivity index (χ0v) is 23.6. The Bertz CT molecular complexity index is 916. The van der Waals surface area contributed by atoms with E-state index in [0.717, 1.165) is 32.1 Å². The van der Waals surface area contributed by atoms with Crippen molar-refractivity contribution in [2.24, 2.45) is 5.92 Å². The van der Waals surface area contributed by atoms with E-state index in [1.54, 1.807) is 13.0 Å². The van der Waals surface area contributed by atoms with E-state index in [1.807, 2.05) is 6.92 Å². The van der Waals surface area contributed by atoms with Gasteiger partial charge in [-0.05, 0) is 65.4 Å². The second-order valence-corrected chi connectivity index (χ2v) is 11.4. The molecule has 9 atom stereocenters. The van der Waals surface area contributed by atoms with Crippen LogP contribution >= 0.6 is 0 Å². The van der Waals surface area contributed by atoms with Crippen molar-refractivity contribution in [1.29, 1.82) is 0 Å². The Morgan fingerprint density at radius 2 is 1.82 bits per heavy atom. The van der Waals surface area contributed by atoms with Crippen molar-refractivity contribution in [2.45, 2.75) is 135 Å². The molecule has 0 aromatic carbocycles. The van der Waals surface area contributed by atoms with Crippen molar-refractivity contribution in [2.75, 3.05) is 0 Å². The zero-order valence-electron chi connectivity index (χ0n) is 23.6. The van der Waals surface area contributed by atoms with Crippen LogP contribution in [0.5, 0.6) is 0 Å². The van der Waals surface area contributed by atoms with Gasteiger partial charge >= 0.3 is 11.9 Å². The van der Waals surface area contributed by atoms with Crippen molar-refractivity contribution < 1.29 is 38.4 Å². The lowest BCUT2D eigenvalue weighted by Crippen LogP contribution is -2.50. The van der Waals surface area contributed by atoms with E-state index in [2.05, 4.69) is 32.2 Å². The summed E-state index contributed by atoms with van der Waals surface area (Å²) >= 11 is 0. The van der Waals surface area contributed by atoms with Crippen molar-refractivity contribution in [3.63, 3.8) is 0 Å². The van der Waals surface area contributed by atoms with E-state index >= 15 is 0 Å². The minimum absolute atomic E-state index is 0.00158. The summed E-state index contributed by atoms with van der Waals surface area (Å²) < 4.78 is 23.3. The third-order valence-corrected chi connectivity index (χ3v) is 8.00. The van der Waals surface area contributed by atoms with Crippen LogP contribution in [0.2, 0.25) is 0 Å². The van der Waals surface area contributed by atoms with Gasteiger partial charge in [0.2, 0.25) is 5.91 Å². The van der Waals surface area contributed by atoms with E-state index in [4.69, 9.17) is 18.9 Å². The number of amides is 1. The van der Waals surface area contributed by atoms with Crippen LogP contribution in [0.15, 0.2) is 23.8 Å². The van der Waals surface area contributed by atoms with Gasteiger partial charge in [-0.2, -0.15) is 0 Å². The molecule has 9 unspecified atom stereocenters. The Morgan fingerprint density at radius 1 is 1.13 bits per heavy atom. The summed E-state index contributed by atoms with van der Waals surface area (Å²) in [4.78, 5) is 34.6. The number of ether oxygens (including phenoxy) is 4. The van der Waals surface area contributed by atoms with Gasteiger partial charge in [-0.25, -0.2) is 0 Å². The van der Waals surface area contributed by atoms with Gasteiger partial charge in [-0.3, -0.25) is 14.4 Å². The number of hydrogen-bond acceptors (Lipinski definition) is 7. The first-order chi connectivity index (χ1) is 17.9. The Morgan fingerprint density at radius 3 is 2.45 bits per heavy atom. The molecule has 3 aliphatic rings. The molecule has 3 aliphatic heterocycles. The Balaban J connectivity index is 1.43. The van der Waals surface area contributed by atoms with Crippen LogP contribution < -0.4 is 5.32 Å². The summed E-state index contributed by atoms with van der Waals surface area (Å²) in [6.45, 7) is 11.3. The minimum atomic E-state index is -0.835. The van der Waals surface area contributed by atoms with Crippen LogP contribution in [-0.4, -0.2) is 71.2 Å². The number of epoxide rings is 1. The lowest BCUT2D eigenvalue weighted by atomic mass is 9.85. The number of carboxylic acid groups (broad SMARTS) is 1. The van der Waals surface area contributed by atoms with Crippen molar-refractivity contribution in [3.8, 4) is 0 Å². The van der Waals surface area contributed by atoms with E-state index in [9.17, 15) is 19.5 Å². The average Bonchev–Trinajstić information content (AvgIpc) is 3.42. The van der Waals surface area contributed by atoms with E-state index in [1.165, 1.54) is 18.6 Å². The maximum absolute atomic E-state index is 12.3. The molecule has 38 heavy (non-hydrogen) atoms. The topological polar surface area (TPSA) is 124 Å². The van der Waals surface area contributed by atoms with E-state index in [-0.39, 0.29) is 66.4 Å². The smallest absolute Gasteiger partial charge is 0.305 e. The van der Waals surface area contributed by atoms with E-state index < -0.39 is 12.1 Å². The predicted molar refractivity (Wildman–Crippen MR) is 141 cm³/mol. The summed E-state index contributed by atoms with van der Waals surface area (Å²) in [5.41, 5.74) is 1.06. The second kappa shape index (κ2) is 13.2. The third-order valence-electron chi connectivity index (χ3n) is 8.00. The van der Waals surface area contributed by atoms with E-state index in [0.29, 0.717) is 6.42 Å². The van der Waals surface area contributed by atoms with Gasteiger partial charge in [0.25, 0.3) is 0 Å². The molecule has 0 aliphatic carbocycles. The first kappa shape index (κ1) is 30.3. The first-order valence-electron chi connectivity index (χ1n) is 13.9. The molecular formula is C29H45NO8. The Hall–Kier alpha value is -2.23. The van der Waals surface area contributed by atoms with Gasteiger partial charge in [0.05, 0.1) is 48.6 Å². The molecule has 0 aromatic heterocycles. The molecule has 9 heteroatoms. The summed E-state index contributed by atoms with van der Waals surface area (Å²) in [6.07, 6.45) is 9.40. The number of carbonyl (C=O) groups excluding carboxylic acids is 2. The second-order valence-electron chi connectivity index (χ2n) is 11.4. The number of allylic oxidation sites excluding steroid dienone is 1. The number of carbonyl (C=O) groups is 3. The highest BCUT2D eigenvalue weighted by Gasteiger charge is 2.58. The molecular weight excluding hydrogens is 490 g/mol. The standard InChI is InChI=1S/C29H45NO8/c1-17(7-10-23-15-29(21(5)38-29)16-24(37-23)14-28(33)34)8-11-26-18(2)13-25(20(4)36-26)30-27(32)12-9-19(3)35-22(6)31/h8-9,12,18-21,23-26H,7,10-11,13-16H2,1-6H3,(H,30,32)(H,33,34). The predicted octanol–water partition coefficient (Wildman–Crippen LogP) is 4.09. The Labute approximate surface area is 226 Å². The fourth-order valence-electron chi connectivity index (χ4n) is 5.73. The van der Waals surface area contributed by atoms with Gasteiger partial charge in [-0.1, -0.05) is 18.6 Å². The molecule has 2 N–H and O–H groups in total. The van der Waals surface area contributed by atoms with Crippen molar-refractivity contribution >= 4 is 17.8 Å². The maximum Gasteiger partial charge on any atom is 0.305 e. The van der Waals surface area contributed by atoms with Crippen LogP contribution in [-0.2, 0) is 33.3 Å². The number of carboxylic acids is 1. The summed E-state index contributed by atoms with van der Waals surface area (Å²) in [5.74, 6) is -1.17. The fraction of sp³-hybridized carbons (Fsp3) is 0.759. The van der Waals surface area contributed by atoms with Crippen LogP contribution in [0.25, 0.3) is 0 Å². The molecule has 1 amide bonds. The molecule has 0 aromatic rings. The maximum atomic E-state index is 12.3. The quantitative estimate of drug-likeness (QED) is 0.176. The molecule has 3 fully saturated rings. The molecule has 3 saturated heterocycles. The number of esters is 1. The lowest BCUT2D eigenvalue weighted by Gasteiger charge is -2.39. The molecule has 3 rings (SSSR count). The molecule has 9 nitrogen and oxygen atoms in total. The SMILES string of the molecule is CC(=O)OC(C)C=CC(=O)NC1CC(C)C(CC=C(C)CCC2CC3(CC(CC(=O)O)O2)OC3C)OC1C. The van der Waals surface area contributed by atoms with Crippen LogP contribution in [0.1, 0.15) is 86.5 Å². The number of nitrogens with one attached hydrogen (secondary N) is 1. The molecule has 1 spiro atoms. The van der Waals surface area contributed by atoms with Gasteiger partial charge in [0, 0.05) is 25.8 Å². The molecule has 0 bridgehead atoms. The van der Waals surface area contributed by atoms with Gasteiger partial charge in [0.15, 0.2) is 0 Å². The molecule has 3 heterocycles. The number of rotatable bonds is 11. The van der Waals surface area contributed by atoms with Gasteiger partial charge in [-0.15, -0.1) is 0 Å². The van der Waals surface area contributed by atoms with Crippen molar-refractivity contribution in [3.05, 3.63) is 23.8 Å². The number of aliphatic carboxylic acids is 1. The normalized spacial score (nSPS) is 36.2. The van der Waals surface area contributed by atoms with Gasteiger partial charge < -0.3 is 29.4 Å². The largest absolute Gasteiger partial charge is 0.481 e. The molecule has 0 saturated carbocycles. The van der Waals surface area contributed by atoms with Crippen LogP contribution in [0.3, 0.4) is 0 Å². The van der Waals surface area contributed by atoms with Crippen LogP contribution in [0, 0.1) is 5.92 Å². The first-order valence-corrected chi connectivity index (χ1v) is 13.9.